The van der Waals surface area contributed by atoms with Crippen molar-refractivity contribution in [2.45, 2.75) is 38.6 Å². The Bertz CT molecular complexity index is 988. The second-order valence-corrected chi connectivity index (χ2v) is 7.01. The zero-order valence-corrected chi connectivity index (χ0v) is 15.8. The third-order valence-electron chi connectivity index (χ3n) is 5.10. The van der Waals surface area contributed by atoms with Crippen molar-refractivity contribution in [2.75, 3.05) is 18.4 Å². The van der Waals surface area contributed by atoms with Crippen LogP contribution in [-0.2, 0) is 4.79 Å². The van der Waals surface area contributed by atoms with Crippen LogP contribution in [0, 0.1) is 5.82 Å². The third kappa shape index (κ3) is 3.54. The molecule has 28 heavy (non-hydrogen) atoms. The summed E-state index contributed by atoms with van der Waals surface area (Å²) in [5.74, 6) is 0.236. The number of aromatic amines is 1. The number of halogens is 1. The minimum Gasteiger partial charge on any atom is -0.365 e. The van der Waals surface area contributed by atoms with E-state index in [1.807, 2.05) is 24.0 Å². The van der Waals surface area contributed by atoms with Gasteiger partial charge in [0.15, 0.2) is 17.5 Å². The first-order valence-electron chi connectivity index (χ1n) is 9.65. The number of H-pyrrole nitrogens is 1. The van der Waals surface area contributed by atoms with Crippen LogP contribution in [0.3, 0.4) is 0 Å². The van der Waals surface area contributed by atoms with Crippen molar-refractivity contribution in [1.29, 1.82) is 0 Å². The van der Waals surface area contributed by atoms with Crippen LogP contribution in [0.15, 0.2) is 30.7 Å². The maximum atomic E-state index is 14.3. The van der Waals surface area contributed by atoms with E-state index in [2.05, 4.69) is 25.3 Å². The van der Waals surface area contributed by atoms with Gasteiger partial charge in [0, 0.05) is 48.9 Å². The Balaban J connectivity index is 1.53. The molecule has 2 N–H and O–H groups in total. The zero-order valence-electron chi connectivity index (χ0n) is 15.8. The largest absolute Gasteiger partial charge is 0.365 e. The SMILES string of the molecule is CCCC(=O)N1CCC[C@H]1CNc1nc(-c2c[nH]c3ncccc23)ncc1F. The number of fused-ring (bicyclic) bond motifs is 1. The maximum Gasteiger partial charge on any atom is 0.222 e. The third-order valence-corrected chi connectivity index (χ3v) is 5.10. The normalized spacial score (nSPS) is 16.6. The van der Waals surface area contributed by atoms with E-state index in [0.29, 0.717) is 18.8 Å². The summed E-state index contributed by atoms with van der Waals surface area (Å²) in [6.45, 7) is 3.24. The average Bonchev–Trinajstić information content (AvgIpc) is 3.34. The smallest absolute Gasteiger partial charge is 0.222 e. The van der Waals surface area contributed by atoms with Gasteiger partial charge in [0.2, 0.25) is 5.91 Å². The highest BCUT2D eigenvalue weighted by atomic mass is 19.1. The summed E-state index contributed by atoms with van der Waals surface area (Å²) in [7, 11) is 0. The number of hydrogen-bond acceptors (Lipinski definition) is 5. The van der Waals surface area contributed by atoms with E-state index < -0.39 is 5.82 Å². The highest BCUT2D eigenvalue weighted by Crippen LogP contribution is 2.26. The zero-order chi connectivity index (χ0) is 19.5. The van der Waals surface area contributed by atoms with E-state index in [4.69, 9.17) is 0 Å². The Kier molecular flexibility index (Phi) is 5.18. The number of aromatic nitrogens is 4. The number of amides is 1. The van der Waals surface area contributed by atoms with Gasteiger partial charge in [-0.15, -0.1) is 0 Å². The van der Waals surface area contributed by atoms with Crippen LogP contribution in [0.25, 0.3) is 22.4 Å². The highest BCUT2D eigenvalue weighted by molar-refractivity contribution is 5.91. The minimum atomic E-state index is -0.508. The Labute approximate surface area is 162 Å². The van der Waals surface area contributed by atoms with Crippen molar-refractivity contribution in [2.24, 2.45) is 0 Å². The van der Waals surface area contributed by atoms with E-state index in [-0.39, 0.29) is 17.8 Å². The van der Waals surface area contributed by atoms with Gasteiger partial charge in [-0.3, -0.25) is 4.79 Å². The number of nitrogens with zero attached hydrogens (tertiary/aromatic N) is 4. The van der Waals surface area contributed by atoms with E-state index >= 15 is 0 Å². The number of carbonyl (C=O) groups is 1. The van der Waals surface area contributed by atoms with E-state index in [1.165, 1.54) is 6.20 Å². The second-order valence-electron chi connectivity index (χ2n) is 7.01. The molecule has 1 saturated heterocycles. The van der Waals surface area contributed by atoms with Gasteiger partial charge in [0.05, 0.1) is 6.20 Å². The van der Waals surface area contributed by atoms with Gasteiger partial charge < -0.3 is 15.2 Å². The molecule has 0 unspecified atom stereocenters. The molecule has 4 heterocycles. The van der Waals surface area contributed by atoms with Gasteiger partial charge >= 0.3 is 0 Å². The van der Waals surface area contributed by atoms with Crippen LogP contribution in [0.5, 0.6) is 0 Å². The van der Waals surface area contributed by atoms with E-state index in [9.17, 15) is 9.18 Å². The van der Waals surface area contributed by atoms with Crippen molar-refractivity contribution >= 4 is 22.8 Å². The second kappa shape index (κ2) is 7.92. The summed E-state index contributed by atoms with van der Waals surface area (Å²) >= 11 is 0. The summed E-state index contributed by atoms with van der Waals surface area (Å²) in [6, 6.07) is 3.82. The van der Waals surface area contributed by atoms with Gasteiger partial charge in [-0.25, -0.2) is 19.3 Å². The standard InChI is InChI=1S/C20H23FN6O/c1-2-5-17(28)27-9-4-6-13(27)10-23-20-16(21)12-25-19(26-20)15-11-24-18-14(15)7-3-8-22-18/h3,7-8,11-13H,2,4-6,9-10H2,1H3,(H,22,24)(H,23,25,26)/t13-/m0/s1. The molecule has 146 valence electrons. The fourth-order valence-corrected chi connectivity index (χ4v) is 3.71. The monoisotopic (exact) mass is 382 g/mol. The number of carbonyl (C=O) groups excluding carboxylic acids is 1. The van der Waals surface area contributed by atoms with Gasteiger partial charge in [-0.1, -0.05) is 6.92 Å². The fraction of sp³-hybridized carbons (Fsp3) is 0.400. The first kappa shape index (κ1) is 18.3. The molecule has 0 radical (unpaired) electrons. The molecule has 0 aliphatic carbocycles. The first-order valence-corrected chi connectivity index (χ1v) is 9.65. The fourth-order valence-electron chi connectivity index (χ4n) is 3.71. The molecule has 0 aromatic carbocycles. The van der Waals surface area contributed by atoms with Gasteiger partial charge in [0.1, 0.15) is 5.65 Å². The molecule has 1 atom stereocenters. The minimum absolute atomic E-state index is 0.0640. The summed E-state index contributed by atoms with van der Waals surface area (Å²) in [5, 5.41) is 3.97. The lowest BCUT2D eigenvalue weighted by Gasteiger charge is -2.25. The summed E-state index contributed by atoms with van der Waals surface area (Å²) in [5.41, 5.74) is 1.50. The molecular formula is C20H23FN6O. The summed E-state index contributed by atoms with van der Waals surface area (Å²) in [6.07, 6.45) is 7.92. The molecule has 0 spiro atoms. The Morgan fingerprint density at radius 1 is 1.43 bits per heavy atom. The molecule has 1 amide bonds. The number of nitrogens with one attached hydrogen (secondary N) is 2. The molecule has 8 heteroatoms. The predicted octanol–water partition coefficient (Wildman–Crippen LogP) is 3.36. The molecule has 4 rings (SSSR count). The Morgan fingerprint density at radius 3 is 3.18 bits per heavy atom. The quantitative estimate of drug-likeness (QED) is 0.683. The highest BCUT2D eigenvalue weighted by Gasteiger charge is 2.28. The molecular weight excluding hydrogens is 359 g/mol. The molecule has 7 nitrogen and oxygen atoms in total. The first-order chi connectivity index (χ1) is 13.7. The van der Waals surface area contributed by atoms with Crippen molar-refractivity contribution in [3.8, 4) is 11.4 Å². The van der Waals surface area contributed by atoms with Crippen LogP contribution in [-0.4, -0.2) is 49.9 Å². The van der Waals surface area contributed by atoms with Crippen molar-refractivity contribution < 1.29 is 9.18 Å². The lowest BCUT2D eigenvalue weighted by Crippen LogP contribution is -2.39. The van der Waals surface area contributed by atoms with E-state index in [1.54, 1.807) is 12.4 Å². The predicted molar refractivity (Wildman–Crippen MR) is 105 cm³/mol. The summed E-state index contributed by atoms with van der Waals surface area (Å²) in [4.78, 5) is 30.0. The van der Waals surface area contributed by atoms with Crippen molar-refractivity contribution in [3.05, 3.63) is 36.5 Å². The summed E-state index contributed by atoms with van der Waals surface area (Å²) < 4.78 is 14.3. The molecule has 0 saturated carbocycles. The molecule has 3 aromatic heterocycles. The van der Waals surface area contributed by atoms with Gasteiger partial charge in [-0.05, 0) is 31.4 Å². The molecule has 1 aliphatic rings. The lowest BCUT2D eigenvalue weighted by atomic mass is 10.2. The number of likely N-dealkylation sites (tertiary alicyclic amines) is 1. The van der Waals surface area contributed by atoms with Crippen LogP contribution in [0.1, 0.15) is 32.6 Å². The maximum absolute atomic E-state index is 14.3. The number of pyridine rings is 1. The number of rotatable bonds is 6. The number of anilines is 1. The van der Waals surface area contributed by atoms with Crippen LogP contribution >= 0.6 is 0 Å². The van der Waals surface area contributed by atoms with E-state index in [0.717, 1.165) is 42.4 Å². The van der Waals surface area contributed by atoms with Crippen molar-refractivity contribution in [1.82, 2.24) is 24.8 Å². The Hall–Kier alpha value is -3.03. The lowest BCUT2D eigenvalue weighted by molar-refractivity contribution is -0.131. The molecule has 1 aliphatic heterocycles. The molecule has 0 bridgehead atoms. The topological polar surface area (TPSA) is 86.8 Å². The van der Waals surface area contributed by atoms with Gasteiger partial charge in [-0.2, -0.15) is 0 Å². The average molecular weight is 382 g/mol. The molecule has 1 fully saturated rings. The Morgan fingerprint density at radius 2 is 2.32 bits per heavy atom. The van der Waals surface area contributed by atoms with Crippen LogP contribution in [0.4, 0.5) is 10.2 Å². The molecule has 3 aromatic rings. The van der Waals surface area contributed by atoms with Gasteiger partial charge in [0.25, 0.3) is 0 Å². The van der Waals surface area contributed by atoms with Crippen LogP contribution < -0.4 is 5.32 Å². The van der Waals surface area contributed by atoms with Crippen molar-refractivity contribution in [3.63, 3.8) is 0 Å². The van der Waals surface area contributed by atoms with Crippen LogP contribution in [0.2, 0.25) is 0 Å². The number of hydrogen-bond donors (Lipinski definition) is 2.